The second-order valence-corrected chi connectivity index (χ2v) is 8.89. The first-order valence-electron chi connectivity index (χ1n) is 10.6. The van der Waals surface area contributed by atoms with Crippen LogP contribution in [0.4, 0.5) is 4.79 Å². The van der Waals surface area contributed by atoms with Gasteiger partial charge in [0.1, 0.15) is 22.8 Å². The Morgan fingerprint density at radius 2 is 1.69 bits per heavy atom. The van der Waals surface area contributed by atoms with Crippen LogP contribution < -0.4 is 19.5 Å². The van der Waals surface area contributed by atoms with E-state index in [1.54, 1.807) is 38.4 Å². The number of rotatable bonds is 8. The highest BCUT2D eigenvalue weighted by atomic mass is 16.6. The zero-order valence-corrected chi connectivity index (χ0v) is 20.2. The predicted molar refractivity (Wildman–Crippen MR) is 119 cm³/mol. The van der Waals surface area contributed by atoms with E-state index < -0.39 is 17.1 Å². The lowest BCUT2D eigenvalue weighted by atomic mass is 9.79. The first-order valence-corrected chi connectivity index (χ1v) is 10.6. The second kappa shape index (κ2) is 10.8. The Hall–Kier alpha value is -2.68. The van der Waals surface area contributed by atoms with E-state index in [-0.39, 0.29) is 12.5 Å². The van der Waals surface area contributed by atoms with Gasteiger partial charge in [-0.15, -0.1) is 0 Å². The van der Waals surface area contributed by atoms with Crippen molar-refractivity contribution in [3.63, 3.8) is 0 Å². The molecule has 1 fully saturated rings. The van der Waals surface area contributed by atoms with Crippen molar-refractivity contribution in [2.24, 2.45) is 5.41 Å². The predicted octanol–water partition coefficient (Wildman–Crippen LogP) is 2.99. The number of hydrogen-bond donors (Lipinski definition) is 1. The minimum absolute atomic E-state index is 0.221. The summed E-state index contributed by atoms with van der Waals surface area (Å²) in [6, 6.07) is 3.56. The normalized spacial score (nSPS) is 18.7. The van der Waals surface area contributed by atoms with Crippen LogP contribution in [0.3, 0.4) is 0 Å². The summed E-state index contributed by atoms with van der Waals surface area (Å²) in [5.74, 6) is 1.49. The summed E-state index contributed by atoms with van der Waals surface area (Å²) in [7, 11) is 6.10. The quantitative estimate of drug-likeness (QED) is 0.602. The van der Waals surface area contributed by atoms with Gasteiger partial charge in [-0.1, -0.05) is 0 Å². The van der Waals surface area contributed by atoms with Crippen LogP contribution in [0, 0.1) is 5.41 Å². The molecule has 1 atom stereocenters. The Morgan fingerprint density at radius 1 is 1.06 bits per heavy atom. The van der Waals surface area contributed by atoms with E-state index in [4.69, 9.17) is 23.7 Å². The molecule has 1 aromatic rings. The van der Waals surface area contributed by atoms with Crippen molar-refractivity contribution in [3.8, 4) is 17.2 Å². The molecule has 2 rings (SSSR count). The molecule has 0 saturated carbocycles. The van der Waals surface area contributed by atoms with E-state index in [9.17, 15) is 9.59 Å². The zero-order chi connectivity index (χ0) is 23.9. The first kappa shape index (κ1) is 25.6. The summed E-state index contributed by atoms with van der Waals surface area (Å²) in [4.78, 5) is 27.0. The van der Waals surface area contributed by atoms with Crippen molar-refractivity contribution in [1.82, 2.24) is 10.2 Å². The van der Waals surface area contributed by atoms with E-state index in [1.165, 1.54) is 7.11 Å². The van der Waals surface area contributed by atoms with Crippen molar-refractivity contribution in [3.05, 3.63) is 17.7 Å². The molecule has 0 spiro atoms. The largest absolute Gasteiger partial charge is 0.496 e. The molecule has 0 aromatic heterocycles. The molecular weight excluding hydrogens is 416 g/mol. The summed E-state index contributed by atoms with van der Waals surface area (Å²) in [6.07, 6.45) is 0.845. The number of nitrogens with one attached hydrogen (secondary N) is 1. The fraction of sp³-hybridized carbons (Fsp3) is 0.652. The fourth-order valence-corrected chi connectivity index (χ4v) is 3.89. The van der Waals surface area contributed by atoms with Gasteiger partial charge in [-0.25, -0.2) is 4.79 Å². The molecule has 1 unspecified atom stereocenters. The summed E-state index contributed by atoms with van der Waals surface area (Å²) >= 11 is 0. The number of ether oxygens (including phenoxy) is 5. The minimum atomic E-state index is -0.878. The average molecular weight is 453 g/mol. The van der Waals surface area contributed by atoms with Crippen LogP contribution in [0.5, 0.6) is 17.2 Å². The van der Waals surface area contributed by atoms with Gasteiger partial charge in [0.15, 0.2) is 0 Å². The highest BCUT2D eigenvalue weighted by Gasteiger charge is 2.45. The number of likely N-dealkylation sites (tertiary alicyclic amines) is 1. The molecule has 1 aliphatic rings. The summed E-state index contributed by atoms with van der Waals surface area (Å²) < 4.78 is 26.9. The Kier molecular flexibility index (Phi) is 8.60. The van der Waals surface area contributed by atoms with Gasteiger partial charge in [0, 0.05) is 38.3 Å². The monoisotopic (exact) mass is 452 g/mol. The number of carbonyl (C=O) groups is 2. The van der Waals surface area contributed by atoms with E-state index in [0.717, 1.165) is 5.56 Å². The van der Waals surface area contributed by atoms with Gasteiger partial charge in [0.25, 0.3) is 0 Å². The Morgan fingerprint density at radius 3 is 2.19 bits per heavy atom. The number of piperidine rings is 1. The van der Waals surface area contributed by atoms with Gasteiger partial charge in [-0.3, -0.25) is 4.79 Å². The number of benzene rings is 1. The maximum atomic E-state index is 12.8. The number of nitrogens with zero attached hydrogens (tertiary/aromatic N) is 1. The van der Waals surface area contributed by atoms with Crippen molar-refractivity contribution in [2.75, 3.05) is 48.1 Å². The minimum Gasteiger partial charge on any atom is -0.496 e. The van der Waals surface area contributed by atoms with Crippen LogP contribution in [0.15, 0.2) is 12.1 Å². The number of esters is 1. The third kappa shape index (κ3) is 6.18. The number of methoxy groups -OCH3 is 4. The molecule has 1 aliphatic heterocycles. The van der Waals surface area contributed by atoms with E-state index >= 15 is 0 Å². The molecule has 1 N–H and O–H groups in total. The molecule has 180 valence electrons. The van der Waals surface area contributed by atoms with Crippen molar-refractivity contribution >= 4 is 12.1 Å². The van der Waals surface area contributed by atoms with E-state index in [2.05, 4.69) is 5.32 Å². The maximum absolute atomic E-state index is 12.8. The molecule has 0 bridgehead atoms. The molecule has 1 saturated heterocycles. The molecule has 1 amide bonds. The Balaban J connectivity index is 2.19. The molecule has 0 aliphatic carbocycles. The van der Waals surface area contributed by atoms with Crippen molar-refractivity contribution in [2.45, 2.75) is 45.8 Å². The van der Waals surface area contributed by atoms with Crippen LogP contribution in [0.25, 0.3) is 0 Å². The molecule has 32 heavy (non-hydrogen) atoms. The number of hydrogen-bond acceptors (Lipinski definition) is 8. The van der Waals surface area contributed by atoms with Gasteiger partial charge < -0.3 is 33.9 Å². The molecule has 9 heteroatoms. The summed E-state index contributed by atoms with van der Waals surface area (Å²) in [5, 5.41) is 3.34. The summed E-state index contributed by atoms with van der Waals surface area (Å²) in [6.45, 7) is 6.92. The van der Waals surface area contributed by atoms with Crippen LogP contribution >= 0.6 is 0 Å². The lowest BCUT2D eigenvalue weighted by Crippen LogP contribution is -2.55. The van der Waals surface area contributed by atoms with Crippen molar-refractivity contribution < 1.29 is 33.3 Å². The van der Waals surface area contributed by atoms with Crippen molar-refractivity contribution in [1.29, 1.82) is 0 Å². The Labute approximate surface area is 190 Å². The third-order valence-electron chi connectivity index (χ3n) is 5.43. The van der Waals surface area contributed by atoms with E-state index in [0.29, 0.717) is 49.7 Å². The third-order valence-corrected chi connectivity index (χ3v) is 5.43. The maximum Gasteiger partial charge on any atom is 0.410 e. The lowest BCUT2D eigenvalue weighted by Gasteiger charge is -2.41. The van der Waals surface area contributed by atoms with Gasteiger partial charge in [0.05, 0.1) is 39.4 Å². The van der Waals surface area contributed by atoms with Crippen LogP contribution in [0.1, 0.15) is 39.2 Å². The lowest BCUT2D eigenvalue weighted by molar-refractivity contribution is -0.155. The topological polar surface area (TPSA) is 95.6 Å². The molecule has 0 radical (unpaired) electrons. The Bertz CT molecular complexity index is 781. The SMILES string of the molecule is COC(=O)C1(CNCc2c(OC)cc(OC)cc2OC)CCCN(C(=O)OC(C)(C)C)C1. The highest BCUT2D eigenvalue weighted by Crippen LogP contribution is 2.35. The standard InChI is InChI=1S/C23H36N2O7/c1-22(2,3)32-21(27)25-10-8-9-23(15-25,20(26)31-7)14-24-13-17-18(29-5)11-16(28-4)12-19(17)30-6/h11-12,24H,8-10,13-15H2,1-7H3. The van der Waals surface area contributed by atoms with Gasteiger partial charge in [-0.05, 0) is 33.6 Å². The molecule has 1 heterocycles. The highest BCUT2D eigenvalue weighted by molar-refractivity contribution is 5.79. The van der Waals surface area contributed by atoms with Gasteiger partial charge in [0.2, 0.25) is 0 Å². The number of carbonyl (C=O) groups excluding carboxylic acids is 2. The molecular formula is C23H36N2O7. The smallest absolute Gasteiger partial charge is 0.410 e. The first-order chi connectivity index (χ1) is 15.1. The zero-order valence-electron chi connectivity index (χ0n) is 20.2. The summed E-state index contributed by atoms with van der Waals surface area (Å²) in [5.41, 5.74) is -0.686. The average Bonchev–Trinajstić information content (AvgIpc) is 2.77. The van der Waals surface area contributed by atoms with Crippen LogP contribution in [0.2, 0.25) is 0 Å². The molecule has 9 nitrogen and oxygen atoms in total. The van der Waals surface area contributed by atoms with Crippen LogP contribution in [-0.2, 0) is 20.8 Å². The van der Waals surface area contributed by atoms with Gasteiger partial charge in [-0.2, -0.15) is 0 Å². The fourth-order valence-electron chi connectivity index (χ4n) is 3.89. The number of amides is 1. The van der Waals surface area contributed by atoms with Crippen LogP contribution in [-0.4, -0.2) is 70.6 Å². The van der Waals surface area contributed by atoms with Gasteiger partial charge >= 0.3 is 12.1 Å². The second-order valence-electron chi connectivity index (χ2n) is 8.89. The molecule has 1 aromatic carbocycles. The van der Waals surface area contributed by atoms with E-state index in [1.807, 2.05) is 20.8 Å².